The molecule has 3 heteroatoms. The van der Waals surface area contributed by atoms with Crippen LogP contribution in [0.3, 0.4) is 0 Å². The topological polar surface area (TPSA) is 24.5 Å². The molecule has 0 amide bonds. The summed E-state index contributed by atoms with van der Waals surface area (Å²) in [4.78, 5) is 2.49. The van der Waals surface area contributed by atoms with E-state index >= 15 is 0 Å². The fourth-order valence-electron chi connectivity index (χ4n) is 4.72. The van der Waals surface area contributed by atoms with E-state index in [2.05, 4.69) is 24.2 Å². The van der Waals surface area contributed by atoms with E-state index in [0.29, 0.717) is 6.10 Å². The number of nitrogens with one attached hydrogen (secondary N) is 1. The molecule has 3 fully saturated rings. The summed E-state index contributed by atoms with van der Waals surface area (Å²) in [6.45, 7) is 7.22. The fourth-order valence-corrected chi connectivity index (χ4v) is 4.72. The highest BCUT2D eigenvalue weighted by Crippen LogP contribution is 2.31. The zero-order valence-corrected chi connectivity index (χ0v) is 14.0. The van der Waals surface area contributed by atoms with Gasteiger partial charge in [0.1, 0.15) is 0 Å². The third-order valence-corrected chi connectivity index (χ3v) is 5.94. The Kier molecular flexibility index (Phi) is 5.58. The van der Waals surface area contributed by atoms with Crippen LogP contribution in [0.2, 0.25) is 0 Å². The van der Waals surface area contributed by atoms with E-state index in [0.717, 1.165) is 30.4 Å². The molecule has 122 valence electrons. The van der Waals surface area contributed by atoms with Crippen LogP contribution in [0.4, 0.5) is 0 Å². The maximum absolute atomic E-state index is 6.01. The molecule has 0 saturated carbocycles. The molecule has 3 rings (SSSR count). The van der Waals surface area contributed by atoms with Crippen LogP contribution in [0.5, 0.6) is 0 Å². The van der Waals surface area contributed by atoms with Gasteiger partial charge in [-0.2, -0.15) is 0 Å². The second kappa shape index (κ2) is 7.43. The first-order valence-electron chi connectivity index (χ1n) is 9.22. The van der Waals surface area contributed by atoms with Gasteiger partial charge in [-0.25, -0.2) is 0 Å². The average Bonchev–Trinajstić information content (AvgIpc) is 2.84. The van der Waals surface area contributed by atoms with Gasteiger partial charge in [0, 0.05) is 19.2 Å². The van der Waals surface area contributed by atoms with Crippen molar-refractivity contribution in [1.29, 1.82) is 0 Å². The first-order chi connectivity index (χ1) is 10.2. The minimum Gasteiger partial charge on any atom is -0.378 e. The molecule has 0 aromatic heterocycles. The van der Waals surface area contributed by atoms with E-state index < -0.39 is 0 Å². The highest BCUT2D eigenvalue weighted by Gasteiger charge is 2.29. The summed E-state index contributed by atoms with van der Waals surface area (Å²) >= 11 is 0. The predicted molar refractivity (Wildman–Crippen MR) is 87.5 cm³/mol. The van der Waals surface area contributed by atoms with Crippen molar-refractivity contribution in [2.75, 3.05) is 33.3 Å². The number of likely N-dealkylation sites (tertiary alicyclic amines) is 1. The first-order valence-corrected chi connectivity index (χ1v) is 9.22. The third kappa shape index (κ3) is 4.67. The van der Waals surface area contributed by atoms with Crippen LogP contribution >= 0.6 is 0 Å². The summed E-state index contributed by atoms with van der Waals surface area (Å²) in [5.74, 6) is 2.69. The Morgan fingerprint density at radius 3 is 2.76 bits per heavy atom. The van der Waals surface area contributed by atoms with Gasteiger partial charge in [0.25, 0.3) is 0 Å². The van der Waals surface area contributed by atoms with Crippen molar-refractivity contribution in [3.05, 3.63) is 0 Å². The monoisotopic (exact) mass is 294 g/mol. The Balaban J connectivity index is 1.42. The van der Waals surface area contributed by atoms with Crippen molar-refractivity contribution >= 4 is 0 Å². The highest BCUT2D eigenvalue weighted by atomic mass is 16.5. The van der Waals surface area contributed by atoms with Gasteiger partial charge in [0.15, 0.2) is 0 Å². The standard InChI is InChI=1S/C18H34N2O/c1-14-5-8-21-18(9-14)12-15-3-6-19-17(10-15)11-16-4-7-20(2)13-16/h14-19H,3-13H2,1-2H3/t14-,15?,16-,17?,18?/m1/s1. The molecular weight excluding hydrogens is 260 g/mol. The van der Waals surface area contributed by atoms with E-state index in [1.165, 1.54) is 64.6 Å². The van der Waals surface area contributed by atoms with Crippen LogP contribution in [0.15, 0.2) is 0 Å². The molecule has 5 atom stereocenters. The summed E-state index contributed by atoms with van der Waals surface area (Å²) in [7, 11) is 2.26. The Hall–Kier alpha value is -0.120. The molecule has 0 aliphatic carbocycles. The van der Waals surface area contributed by atoms with Crippen LogP contribution in [0, 0.1) is 17.8 Å². The minimum atomic E-state index is 0.551. The molecule has 3 heterocycles. The van der Waals surface area contributed by atoms with Gasteiger partial charge in [-0.1, -0.05) is 6.92 Å². The molecule has 0 bridgehead atoms. The zero-order valence-electron chi connectivity index (χ0n) is 14.0. The molecule has 3 nitrogen and oxygen atoms in total. The highest BCUT2D eigenvalue weighted by molar-refractivity contribution is 4.85. The normalized spacial score (nSPS) is 42.3. The lowest BCUT2D eigenvalue weighted by Gasteiger charge is -2.35. The van der Waals surface area contributed by atoms with Crippen molar-refractivity contribution in [1.82, 2.24) is 10.2 Å². The zero-order chi connectivity index (χ0) is 14.7. The van der Waals surface area contributed by atoms with Gasteiger partial charge in [-0.15, -0.1) is 0 Å². The molecule has 1 N–H and O–H groups in total. The van der Waals surface area contributed by atoms with Gasteiger partial charge in [-0.05, 0) is 82.8 Å². The van der Waals surface area contributed by atoms with E-state index in [1.54, 1.807) is 0 Å². The second-order valence-corrected chi connectivity index (χ2v) is 8.05. The summed E-state index contributed by atoms with van der Waals surface area (Å²) < 4.78 is 6.01. The summed E-state index contributed by atoms with van der Waals surface area (Å²) in [5.41, 5.74) is 0. The molecular formula is C18H34N2O. The Morgan fingerprint density at radius 2 is 2.00 bits per heavy atom. The van der Waals surface area contributed by atoms with Crippen molar-refractivity contribution in [3.63, 3.8) is 0 Å². The number of rotatable bonds is 4. The molecule has 0 spiro atoms. The van der Waals surface area contributed by atoms with Crippen molar-refractivity contribution in [2.24, 2.45) is 17.8 Å². The van der Waals surface area contributed by atoms with Crippen LogP contribution in [-0.2, 0) is 4.74 Å². The fraction of sp³-hybridized carbons (Fsp3) is 1.00. The smallest absolute Gasteiger partial charge is 0.0580 e. The number of piperidine rings is 1. The summed E-state index contributed by atoms with van der Waals surface area (Å²) in [5, 5.41) is 3.78. The molecule has 21 heavy (non-hydrogen) atoms. The van der Waals surface area contributed by atoms with Crippen molar-refractivity contribution in [2.45, 2.75) is 64.0 Å². The number of ether oxygens (including phenoxy) is 1. The SMILES string of the molecule is C[C@@H]1CCOC(CC2CCNC(C[C@H]3CCN(C)C3)C2)C1. The maximum Gasteiger partial charge on any atom is 0.0580 e. The predicted octanol–water partition coefficient (Wildman–Crippen LogP) is 2.90. The van der Waals surface area contributed by atoms with Crippen LogP contribution in [0.25, 0.3) is 0 Å². The van der Waals surface area contributed by atoms with Crippen LogP contribution in [-0.4, -0.2) is 50.3 Å². The average molecular weight is 294 g/mol. The van der Waals surface area contributed by atoms with Gasteiger partial charge < -0.3 is 15.0 Å². The lowest BCUT2D eigenvalue weighted by atomic mass is 9.82. The van der Waals surface area contributed by atoms with Gasteiger partial charge >= 0.3 is 0 Å². The van der Waals surface area contributed by atoms with Crippen molar-refractivity contribution in [3.8, 4) is 0 Å². The number of hydrogen-bond donors (Lipinski definition) is 1. The first kappa shape index (κ1) is 15.8. The third-order valence-electron chi connectivity index (χ3n) is 5.94. The largest absolute Gasteiger partial charge is 0.378 e. The molecule has 0 aromatic carbocycles. The Labute approximate surface area is 130 Å². The van der Waals surface area contributed by atoms with E-state index in [-0.39, 0.29) is 0 Å². The van der Waals surface area contributed by atoms with E-state index in [9.17, 15) is 0 Å². The van der Waals surface area contributed by atoms with E-state index in [4.69, 9.17) is 4.74 Å². The Morgan fingerprint density at radius 1 is 1.10 bits per heavy atom. The molecule has 3 saturated heterocycles. The van der Waals surface area contributed by atoms with Crippen LogP contribution in [0.1, 0.15) is 51.9 Å². The molecule has 0 aromatic rings. The quantitative estimate of drug-likeness (QED) is 0.863. The number of nitrogens with zero attached hydrogens (tertiary/aromatic N) is 1. The Bertz CT molecular complexity index is 322. The van der Waals surface area contributed by atoms with Gasteiger partial charge in [-0.3, -0.25) is 0 Å². The minimum absolute atomic E-state index is 0.551. The molecule has 3 aliphatic rings. The lowest BCUT2D eigenvalue weighted by Crippen LogP contribution is -2.41. The molecule has 3 aliphatic heterocycles. The summed E-state index contributed by atoms with van der Waals surface area (Å²) in [6, 6.07) is 0.765. The number of hydrogen-bond acceptors (Lipinski definition) is 3. The molecule has 0 radical (unpaired) electrons. The maximum atomic E-state index is 6.01. The second-order valence-electron chi connectivity index (χ2n) is 8.05. The molecule has 3 unspecified atom stereocenters. The van der Waals surface area contributed by atoms with Gasteiger partial charge in [0.2, 0.25) is 0 Å². The summed E-state index contributed by atoms with van der Waals surface area (Å²) in [6.07, 6.45) is 9.96. The van der Waals surface area contributed by atoms with E-state index in [1.807, 2.05) is 0 Å². The van der Waals surface area contributed by atoms with Crippen LogP contribution < -0.4 is 5.32 Å². The van der Waals surface area contributed by atoms with Crippen molar-refractivity contribution < 1.29 is 4.74 Å². The van der Waals surface area contributed by atoms with Gasteiger partial charge in [0.05, 0.1) is 6.10 Å². The lowest BCUT2D eigenvalue weighted by molar-refractivity contribution is -0.0216.